The number of hydrogen-bond acceptors (Lipinski definition) is 4. The molecule has 0 radical (unpaired) electrons. The van der Waals surface area contributed by atoms with Crippen molar-refractivity contribution in [2.24, 2.45) is 0 Å². The zero-order valence-corrected chi connectivity index (χ0v) is 8.73. The third-order valence-electron chi connectivity index (χ3n) is 2.56. The molecule has 82 valence electrons. The summed E-state index contributed by atoms with van der Waals surface area (Å²) in [6.07, 6.45) is 1.82. The first-order chi connectivity index (χ1) is 7.19. The lowest BCUT2D eigenvalue weighted by Crippen LogP contribution is -2.36. The van der Waals surface area contributed by atoms with Crippen LogP contribution >= 0.6 is 0 Å². The number of amides is 1. The lowest BCUT2D eigenvalue weighted by atomic mass is 10.1. The van der Waals surface area contributed by atoms with Crippen molar-refractivity contribution in [3.05, 3.63) is 0 Å². The van der Waals surface area contributed by atoms with Crippen LogP contribution in [0.1, 0.15) is 25.7 Å². The third kappa shape index (κ3) is 2.94. The smallest absolute Gasteiger partial charge is 0.307 e. The first-order valence-electron chi connectivity index (χ1n) is 4.92. The molecule has 1 heterocycles. The fourth-order valence-corrected chi connectivity index (χ4v) is 1.82. The molecule has 1 aliphatic heterocycles. The van der Waals surface area contributed by atoms with E-state index in [1.54, 1.807) is 4.90 Å². The number of hydrogen-bond donors (Lipinski definition) is 0. The molecule has 15 heavy (non-hydrogen) atoms. The van der Waals surface area contributed by atoms with E-state index in [1.807, 2.05) is 6.07 Å². The Labute approximate surface area is 88.6 Å². The average molecular weight is 210 g/mol. The number of rotatable bonds is 3. The van der Waals surface area contributed by atoms with Crippen molar-refractivity contribution < 1.29 is 14.3 Å². The molecular formula is C10H14N2O3. The number of methoxy groups -OCH3 is 1. The normalized spacial score (nSPS) is 19.7. The molecule has 0 unspecified atom stereocenters. The number of carbonyl (C=O) groups is 2. The van der Waals surface area contributed by atoms with Gasteiger partial charge in [0.25, 0.3) is 0 Å². The van der Waals surface area contributed by atoms with Gasteiger partial charge in [0.1, 0.15) is 6.42 Å². The summed E-state index contributed by atoms with van der Waals surface area (Å²) < 4.78 is 4.56. The third-order valence-corrected chi connectivity index (χ3v) is 2.56. The van der Waals surface area contributed by atoms with Gasteiger partial charge in [-0.25, -0.2) is 0 Å². The molecule has 0 N–H and O–H groups in total. The maximum atomic E-state index is 11.5. The zero-order chi connectivity index (χ0) is 11.3. The molecular weight excluding hydrogens is 196 g/mol. The monoisotopic (exact) mass is 210 g/mol. The summed E-state index contributed by atoms with van der Waals surface area (Å²) in [5.41, 5.74) is 0. The van der Waals surface area contributed by atoms with Crippen LogP contribution in [0.5, 0.6) is 0 Å². The maximum absolute atomic E-state index is 11.5. The van der Waals surface area contributed by atoms with E-state index < -0.39 is 0 Å². The highest BCUT2D eigenvalue weighted by Gasteiger charge is 2.30. The summed E-state index contributed by atoms with van der Waals surface area (Å²) in [5.74, 6) is -0.499. The standard InChI is InChI=1S/C10H14N2O3/c1-15-10(14)7-8-3-2-6-12(8)9(13)4-5-11/h8H,2-4,6-7H2,1H3/t8-/m0/s1. The molecule has 0 aromatic heterocycles. The van der Waals surface area contributed by atoms with E-state index >= 15 is 0 Å². The number of ether oxygens (including phenoxy) is 1. The van der Waals surface area contributed by atoms with Crippen LogP contribution in [-0.4, -0.2) is 36.5 Å². The van der Waals surface area contributed by atoms with Crippen molar-refractivity contribution in [1.29, 1.82) is 5.26 Å². The van der Waals surface area contributed by atoms with Crippen molar-refractivity contribution in [1.82, 2.24) is 4.90 Å². The van der Waals surface area contributed by atoms with Crippen LogP contribution in [0.4, 0.5) is 0 Å². The molecule has 0 aromatic carbocycles. The fraction of sp³-hybridized carbons (Fsp3) is 0.700. The van der Waals surface area contributed by atoms with Gasteiger partial charge in [-0.05, 0) is 12.8 Å². The Morgan fingerprint density at radius 3 is 2.93 bits per heavy atom. The molecule has 0 spiro atoms. The van der Waals surface area contributed by atoms with Gasteiger partial charge in [-0.3, -0.25) is 9.59 Å². The molecule has 1 aliphatic rings. The van der Waals surface area contributed by atoms with Gasteiger partial charge >= 0.3 is 5.97 Å². The van der Waals surface area contributed by atoms with E-state index in [0.717, 1.165) is 12.8 Å². The van der Waals surface area contributed by atoms with Crippen molar-refractivity contribution in [2.45, 2.75) is 31.7 Å². The van der Waals surface area contributed by atoms with Gasteiger partial charge in [0.05, 0.1) is 19.6 Å². The quantitative estimate of drug-likeness (QED) is 0.634. The molecule has 1 atom stereocenters. The van der Waals surface area contributed by atoms with E-state index in [1.165, 1.54) is 7.11 Å². The Hall–Kier alpha value is -1.57. The average Bonchev–Trinajstić information content (AvgIpc) is 2.66. The minimum absolute atomic E-state index is 0.0849. The number of nitrogens with zero attached hydrogens (tertiary/aromatic N) is 2. The van der Waals surface area contributed by atoms with Crippen LogP contribution < -0.4 is 0 Å². The van der Waals surface area contributed by atoms with E-state index in [9.17, 15) is 9.59 Å². The van der Waals surface area contributed by atoms with E-state index in [-0.39, 0.29) is 30.8 Å². The van der Waals surface area contributed by atoms with Crippen molar-refractivity contribution in [3.63, 3.8) is 0 Å². The SMILES string of the molecule is COC(=O)C[C@@H]1CCCN1C(=O)CC#N. The molecule has 1 amide bonds. The Morgan fingerprint density at radius 2 is 2.33 bits per heavy atom. The van der Waals surface area contributed by atoms with Gasteiger partial charge in [-0.15, -0.1) is 0 Å². The van der Waals surface area contributed by atoms with Crippen molar-refractivity contribution >= 4 is 11.9 Å². The Balaban J connectivity index is 2.53. The molecule has 0 saturated carbocycles. The van der Waals surface area contributed by atoms with Crippen LogP contribution in [0, 0.1) is 11.3 Å². The van der Waals surface area contributed by atoms with Gasteiger partial charge in [-0.1, -0.05) is 0 Å². The van der Waals surface area contributed by atoms with Gasteiger partial charge in [0.15, 0.2) is 0 Å². The highest BCUT2D eigenvalue weighted by atomic mass is 16.5. The highest BCUT2D eigenvalue weighted by molar-refractivity contribution is 5.80. The van der Waals surface area contributed by atoms with Gasteiger partial charge < -0.3 is 9.64 Å². The predicted molar refractivity (Wildman–Crippen MR) is 51.6 cm³/mol. The number of carbonyl (C=O) groups excluding carboxylic acids is 2. The fourth-order valence-electron chi connectivity index (χ4n) is 1.82. The molecule has 1 fully saturated rings. The second kappa shape index (κ2) is 5.35. The maximum Gasteiger partial charge on any atom is 0.307 e. The highest BCUT2D eigenvalue weighted by Crippen LogP contribution is 2.21. The zero-order valence-electron chi connectivity index (χ0n) is 8.73. The predicted octanol–water partition coefficient (Wildman–Crippen LogP) is 0.454. The first-order valence-corrected chi connectivity index (χ1v) is 4.92. The molecule has 1 saturated heterocycles. The molecule has 0 bridgehead atoms. The number of nitriles is 1. The summed E-state index contributed by atoms with van der Waals surface area (Å²) in [4.78, 5) is 24.2. The van der Waals surface area contributed by atoms with Crippen LogP contribution in [0.3, 0.4) is 0 Å². The largest absolute Gasteiger partial charge is 0.469 e. The van der Waals surface area contributed by atoms with Crippen molar-refractivity contribution in [3.8, 4) is 6.07 Å². The van der Waals surface area contributed by atoms with E-state index in [2.05, 4.69) is 4.74 Å². The molecule has 0 aromatic rings. The van der Waals surface area contributed by atoms with Crippen LogP contribution in [-0.2, 0) is 14.3 Å². The minimum atomic E-state index is -0.309. The summed E-state index contributed by atoms with van der Waals surface area (Å²) in [7, 11) is 1.33. The van der Waals surface area contributed by atoms with Gasteiger partial charge in [0.2, 0.25) is 5.91 Å². The Kier molecular flexibility index (Phi) is 4.10. The second-order valence-corrected chi connectivity index (χ2v) is 3.50. The molecule has 5 nitrogen and oxygen atoms in total. The van der Waals surface area contributed by atoms with E-state index in [4.69, 9.17) is 5.26 Å². The second-order valence-electron chi connectivity index (χ2n) is 3.50. The lowest BCUT2D eigenvalue weighted by molar-refractivity contribution is -0.142. The van der Waals surface area contributed by atoms with Crippen LogP contribution in [0.2, 0.25) is 0 Å². The molecule has 5 heteroatoms. The number of likely N-dealkylation sites (tertiary alicyclic amines) is 1. The van der Waals surface area contributed by atoms with Gasteiger partial charge in [-0.2, -0.15) is 5.26 Å². The van der Waals surface area contributed by atoms with Crippen molar-refractivity contribution in [2.75, 3.05) is 13.7 Å². The Bertz CT molecular complexity index is 296. The summed E-state index contributed by atoms with van der Waals surface area (Å²) in [5, 5.41) is 8.42. The van der Waals surface area contributed by atoms with Crippen LogP contribution in [0.25, 0.3) is 0 Å². The lowest BCUT2D eigenvalue weighted by Gasteiger charge is -2.22. The summed E-state index contributed by atoms with van der Waals surface area (Å²) >= 11 is 0. The molecule has 1 rings (SSSR count). The Morgan fingerprint density at radius 1 is 1.60 bits per heavy atom. The first kappa shape index (κ1) is 11.5. The number of esters is 1. The van der Waals surface area contributed by atoms with Gasteiger partial charge in [0, 0.05) is 12.6 Å². The summed E-state index contributed by atoms with van der Waals surface area (Å²) in [6, 6.07) is 1.74. The minimum Gasteiger partial charge on any atom is -0.469 e. The van der Waals surface area contributed by atoms with Crippen LogP contribution in [0.15, 0.2) is 0 Å². The van der Waals surface area contributed by atoms with E-state index in [0.29, 0.717) is 6.54 Å². The molecule has 0 aliphatic carbocycles. The topological polar surface area (TPSA) is 70.4 Å². The summed E-state index contributed by atoms with van der Waals surface area (Å²) in [6.45, 7) is 0.641.